The predicted molar refractivity (Wildman–Crippen MR) is 72.1 cm³/mol. The van der Waals surface area contributed by atoms with E-state index in [1.807, 2.05) is 0 Å². The van der Waals surface area contributed by atoms with Crippen LogP contribution in [0.2, 0.25) is 5.02 Å². The van der Waals surface area contributed by atoms with Gasteiger partial charge in [-0.25, -0.2) is 4.39 Å². The number of rotatable bonds is 6. The van der Waals surface area contributed by atoms with Crippen molar-refractivity contribution in [2.24, 2.45) is 5.92 Å². The van der Waals surface area contributed by atoms with Crippen LogP contribution in [-0.2, 0) is 0 Å². The third kappa shape index (κ3) is 5.05. The molecule has 0 saturated carbocycles. The first kappa shape index (κ1) is 14.5. The average Bonchev–Trinajstić information content (AvgIpc) is 2.27. The first-order valence-electron chi connectivity index (χ1n) is 6.16. The second-order valence-electron chi connectivity index (χ2n) is 4.95. The van der Waals surface area contributed by atoms with Gasteiger partial charge in [0.15, 0.2) is 0 Å². The third-order valence-corrected chi connectivity index (χ3v) is 3.14. The molecule has 0 radical (unpaired) electrons. The molecular formula is C14H21ClFN. The number of benzene rings is 1. The standard InChI is InChI=1S/C14H21ClFN/c1-10(2)9-17-7-6-11(3)13-8-12(16)4-5-14(13)15/h4-5,8,10-11,17H,6-7,9H2,1-3H3. The molecule has 1 atom stereocenters. The molecule has 0 fully saturated rings. The van der Waals surface area contributed by atoms with Gasteiger partial charge in [0.1, 0.15) is 5.82 Å². The minimum Gasteiger partial charge on any atom is -0.316 e. The van der Waals surface area contributed by atoms with Gasteiger partial charge in [-0.3, -0.25) is 0 Å². The lowest BCUT2D eigenvalue weighted by molar-refractivity contribution is 0.523. The van der Waals surface area contributed by atoms with Gasteiger partial charge in [-0.1, -0.05) is 32.4 Å². The summed E-state index contributed by atoms with van der Waals surface area (Å²) in [6.45, 7) is 8.40. The molecule has 96 valence electrons. The van der Waals surface area contributed by atoms with E-state index in [1.165, 1.54) is 12.1 Å². The fourth-order valence-corrected chi connectivity index (χ4v) is 2.06. The molecule has 0 aliphatic carbocycles. The van der Waals surface area contributed by atoms with Crippen LogP contribution >= 0.6 is 11.6 Å². The van der Waals surface area contributed by atoms with E-state index >= 15 is 0 Å². The highest BCUT2D eigenvalue weighted by Gasteiger charge is 2.10. The van der Waals surface area contributed by atoms with Crippen molar-refractivity contribution in [2.75, 3.05) is 13.1 Å². The lowest BCUT2D eigenvalue weighted by Gasteiger charge is -2.15. The summed E-state index contributed by atoms with van der Waals surface area (Å²) in [6.07, 6.45) is 0.968. The van der Waals surface area contributed by atoms with Crippen molar-refractivity contribution in [3.8, 4) is 0 Å². The van der Waals surface area contributed by atoms with Crippen LogP contribution in [0.5, 0.6) is 0 Å². The zero-order valence-electron chi connectivity index (χ0n) is 10.8. The molecule has 1 rings (SSSR count). The smallest absolute Gasteiger partial charge is 0.123 e. The summed E-state index contributed by atoms with van der Waals surface area (Å²) in [5.74, 6) is 0.715. The fourth-order valence-electron chi connectivity index (χ4n) is 1.76. The van der Waals surface area contributed by atoms with Gasteiger partial charge in [0.2, 0.25) is 0 Å². The summed E-state index contributed by atoms with van der Waals surface area (Å²) in [4.78, 5) is 0. The van der Waals surface area contributed by atoms with Gasteiger partial charge in [-0.2, -0.15) is 0 Å². The molecule has 0 heterocycles. The number of halogens is 2. The van der Waals surface area contributed by atoms with Crippen LogP contribution in [0, 0.1) is 11.7 Å². The quantitative estimate of drug-likeness (QED) is 0.753. The van der Waals surface area contributed by atoms with Gasteiger partial charge in [0, 0.05) is 5.02 Å². The minimum absolute atomic E-state index is 0.216. The summed E-state index contributed by atoms with van der Waals surface area (Å²) in [6, 6.07) is 4.56. The molecule has 1 N–H and O–H groups in total. The van der Waals surface area contributed by atoms with Gasteiger partial charge >= 0.3 is 0 Å². The van der Waals surface area contributed by atoms with E-state index in [2.05, 4.69) is 26.1 Å². The fraction of sp³-hybridized carbons (Fsp3) is 0.571. The van der Waals surface area contributed by atoms with Crippen molar-refractivity contribution in [3.05, 3.63) is 34.6 Å². The van der Waals surface area contributed by atoms with E-state index in [0.29, 0.717) is 10.9 Å². The Morgan fingerprint density at radius 2 is 2.00 bits per heavy atom. The molecule has 1 aromatic carbocycles. The Morgan fingerprint density at radius 3 is 2.65 bits per heavy atom. The van der Waals surface area contributed by atoms with Crippen LogP contribution in [0.25, 0.3) is 0 Å². The number of nitrogens with one attached hydrogen (secondary N) is 1. The van der Waals surface area contributed by atoms with Gasteiger partial charge in [-0.05, 0) is 55.1 Å². The molecule has 3 heteroatoms. The number of hydrogen-bond acceptors (Lipinski definition) is 1. The van der Waals surface area contributed by atoms with Crippen LogP contribution in [-0.4, -0.2) is 13.1 Å². The highest BCUT2D eigenvalue weighted by Crippen LogP contribution is 2.27. The molecule has 0 saturated heterocycles. The normalized spacial score (nSPS) is 13.1. The van der Waals surface area contributed by atoms with E-state index in [0.717, 1.165) is 25.1 Å². The molecule has 0 aromatic heterocycles. The van der Waals surface area contributed by atoms with Gasteiger partial charge in [0.05, 0.1) is 0 Å². The Hall–Kier alpha value is -0.600. The molecule has 1 nitrogen and oxygen atoms in total. The first-order chi connectivity index (χ1) is 8.00. The molecule has 17 heavy (non-hydrogen) atoms. The lowest BCUT2D eigenvalue weighted by Crippen LogP contribution is -2.21. The Bertz CT molecular complexity index is 352. The molecule has 0 aliphatic rings. The van der Waals surface area contributed by atoms with Crippen LogP contribution in [0.15, 0.2) is 18.2 Å². The summed E-state index contributed by atoms with van der Waals surface area (Å²) < 4.78 is 13.1. The second-order valence-corrected chi connectivity index (χ2v) is 5.36. The SMILES string of the molecule is CC(C)CNCCC(C)c1cc(F)ccc1Cl. The number of hydrogen-bond donors (Lipinski definition) is 1. The van der Waals surface area contributed by atoms with E-state index in [-0.39, 0.29) is 11.7 Å². The second kappa shape index (κ2) is 6.97. The highest BCUT2D eigenvalue weighted by molar-refractivity contribution is 6.31. The Balaban J connectivity index is 2.46. The van der Waals surface area contributed by atoms with Crippen molar-refractivity contribution >= 4 is 11.6 Å². The summed E-state index contributed by atoms with van der Waals surface area (Å²) in [5, 5.41) is 4.04. The largest absolute Gasteiger partial charge is 0.316 e. The van der Waals surface area contributed by atoms with Gasteiger partial charge in [0.25, 0.3) is 0 Å². The highest BCUT2D eigenvalue weighted by atomic mass is 35.5. The molecule has 0 spiro atoms. The van der Waals surface area contributed by atoms with Crippen LogP contribution < -0.4 is 5.32 Å². The van der Waals surface area contributed by atoms with Crippen LogP contribution in [0.4, 0.5) is 4.39 Å². The zero-order chi connectivity index (χ0) is 12.8. The maximum atomic E-state index is 13.1. The zero-order valence-corrected chi connectivity index (χ0v) is 11.5. The van der Waals surface area contributed by atoms with Crippen molar-refractivity contribution in [2.45, 2.75) is 33.1 Å². The van der Waals surface area contributed by atoms with Gasteiger partial charge in [-0.15, -0.1) is 0 Å². The third-order valence-electron chi connectivity index (χ3n) is 2.80. The Morgan fingerprint density at radius 1 is 1.29 bits per heavy atom. The Labute approximate surface area is 108 Å². The van der Waals surface area contributed by atoms with E-state index in [4.69, 9.17) is 11.6 Å². The van der Waals surface area contributed by atoms with Crippen molar-refractivity contribution in [1.82, 2.24) is 5.32 Å². The lowest BCUT2D eigenvalue weighted by atomic mass is 9.97. The topological polar surface area (TPSA) is 12.0 Å². The van der Waals surface area contributed by atoms with Crippen molar-refractivity contribution < 1.29 is 4.39 Å². The Kier molecular flexibility index (Phi) is 5.93. The van der Waals surface area contributed by atoms with Crippen molar-refractivity contribution in [1.29, 1.82) is 0 Å². The average molecular weight is 258 g/mol. The molecular weight excluding hydrogens is 237 g/mol. The van der Waals surface area contributed by atoms with Crippen molar-refractivity contribution in [3.63, 3.8) is 0 Å². The summed E-state index contributed by atoms with van der Waals surface area (Å²) >= 11 is 6.07. The van der Waals surface area contributed by atoms with E-state index in [1.54, 1.807) is 6.07 Å². The minimum atomic E-state index is -0.216. The monoisotopic (exact) mass is 257 g/mol. The molecule has 1 unspecified atom stereocenters. The summed E-state index contributed by atoms with van der Waals surface area (Å²) in [7, 11) is 0. The van der Waals surface area contributed by atoms with E-state index in [9.17, 15) is 4.39 Å². The van der Waals surface area contributed by atoms with Crippen LogP contribution in [0.3, 0.4) is 0 Å². The van der Waals surface area contributed by atoms with E-state index < -0.39 is 0 Å². The maximum Gasteiger partial charge on any atom is 0.123 e. The van der Waals surface area contributed by atoms with Gasteiger partial charge < -0.3 is 5.32 Å². The molecule has 1 aromatic rings. The first-order valence-corrected chi connectivity index (χ1v) is 6.54. The summed E-state index contributed by atoms with van der Waals surface area (Å²) in [5.41, 5.74) is 0.901. The molecule has 0 bridgehead atoms. The molecule has 0 amide bonds. The molecule has 0 aliphatic heterocycles. The maximum absolute atomic E-state index is 13.1. The van der Waals surface area contributed by atoms with Crippen LogP contribution in [0.1, 0.15) is 38.7 Å². The predicted octanol–water partition coefficient (Wildman–Crippen LogP) is 4.22.